The molecule has 2 rings (SSSR count). The van der Waals surface area contributed by atoms with Crippen LogP contribution in [0, 0.1) is 13.8 Å². The van der Waals surface area contributed by atoms with Crippen LogP contribution in [0.5, 0.6) is 0 Å². The second kappa shape index (κ2) is 5.45. The number of benzene rings is 1. The van der Waals surface area contributed by atoms with E-state index in [2.05, 4.69) is 10.3 Å². The SMILES string of the molecule is Cc1cccc(C(=O)NCc2cccnc2)c1C. The van der Waals surface area contributed by atoms with Crippen molar-refractivity contribution in [1.82, 2.24) is 10.3 Å². The van der Waals surface area contributed by atoms with Crippen LogP contribution in [0.25, 0.3) is 0 Å². The van der Waals surface area contributed by atoms with E-state index in [1.54, 1.807) is 12.4 Å². The maximum atomic E-state index is 12.1. The molecule has 1 heterocycles. The number of nitrogens with zero attached hydrogens (tertiary/aromatic N) is 1. The Labute approximate surface area is 107 Å². The number of nitrogens with one attached hydrogen (secondary N) is 1. The van der Waals surface area contributed by atoms with Gasteiger partial charge in [0.15, 0.2) is 0 Å². The zero-order valence-corrected chi connectivity index (χ0v) is 10.6. The van der Waals surface area contributed by atoms with Crippen molar-refractivity contribution in [2.75, 3.05) is 0 Å². The number of pyridine rings is 1. The van der Waals surface area contributed by atoms with Gasteiger partial charge in [0.2, 0.25) is 0 Å². The van der Waals surface area contributed by atoms with Crippen LogP contribution in [-0.2, 0) is 6.54 Å². The molecule has 0 spiro atoms. The lowest BCUT2D eigenvalue weighted by molar-refractivity contribution is 0.0950. The van der Waals surface area contributed by atoms with Gasteiger partial charge in [0.1, 0.15) is 0 Å². The first-order valence-corrected chi connectivity index (χ1v) is 5.92. The highest BCUT2D eigenvalue weighted by Gasteiger charge is 2.09. The topological polar surface area (TPSA) is 42.0 Å². The van der Waals surface area contributed by atoms with Crippen molar-refractivity contribution < 1.29 is 4.79 Å². The summed E-state index contributed by atoms with van der Waals surface area (Å²) >= 11 is 0. The quantitative estimate of drug-likeness (QED) is 0.896. The highest BCUT2D eigenvalue weighted by Crippen LogP contribution is 2.12. The van der Waals surface area contributed by atoms with Crippen LogP contribution in [0.3, 0.4) is 0 Å². The van der Waals surface area contributed by atoms with Crippen molar-refractivity contribution in [1.29, 1.82) is 0 Å². The average Bonchev–Trinajstić information content (AvgIpc) is 2.40. The first-order chi connectivity index (χ1) is 8.68. The van der Waals surface area contributed by atoms with E-state index in [4.69, 9.17) is 0 Å². The molecular weight excluding hydrogens is 224 g/mol. The van der Waals surface area contributed by atoms with Gasteiger partial charge in [-0.05, 0) is 42.7 Å². The number of carbonyl (C=O) groups is 1. The Bertz CT molecular complexity index is 550. The van der Waals surface area contributed by atoms with Crippen LogP contribution in [0.2, 0.25) is 0 Å². The first-order valence-electron chi connectivity index (χ1n) is 5.92. The number of hydrogen-bond donors (Lipinski definition) is 1. The number of aryl methyl sites for hydroxylation is 1. The summed E-state index contributed by atoms with van der Waals surface area (Å²) in [7, 11) is 0. The minimum Gasteiger partial charge on any atom is -0.348 e. The normalized spacial score (nSPS) is 10.1. The lowest BCUT2D eigenvalue weighted by atomic mass is 10.0. The van der Waals surface area contributed by atoms with E-state index in [-0.39, 0.29) is 5.91 Å². The largest absolute Gasteiger partial charge is 0.348 e. The Hall–Kier alpha value is -2.16. The predicted octanol–water partition coefficient (Wildman–Crippen LogP) is 2.63. The molecule has 0 radical (unpaired) electrons. The van der Waals surface area contributed by atoms with Gasteiger partial charge in [-0.1, -0.05) is 18.2 Å². The Balaban J connectivity index is 2.07. The van der Waals surface area contributed by atoms with E-state index in [9.17, 15) is 4.79 Å². The summed E-state index contributed by atoms with van der Waals surface area (Å²) in [6, 6.07) is 9.56. The molecule has 18 heavy (non-hydrogen) atoms. The van der Waals surface area contributed by atoms with E-state index in [1.807, 2.05) is 44.2 Å². The number of rotatable bonds is 3. The van der Waals surface area contributed by atoms with Crippen LogP contribution >= 0.6 is 0 Å². The summed E-state index contributed by atoms with van der Waals surface area (Å²) in [4.78, 5) is 16.1. The minimum absolute atomic E-state index is 0.0416. The van der Waals surface area contributed by atoms with Gasteiger partial charge < -0.3 is 5.32 Å². The van der Waals surface area contributed by atoms with E-state index in [1.165, 1.54) is 0 Å². The molecule has 0 saturated carbocycles. The van der Waals surface area contributed by atoms with Crippen molar-refractivity contribution in [3.63, 3.8) is 0 Å². The highest BCUT2D eigenvalue weighted by atomic mass is 16.1. The monoisotopic (exact) mass is 240 g/mol. The minimum atomic E-state index is -0.0416. The summed E-state index contributed by atoms with van der Waals surface area (Å²) in [5.41, 5.74) is 3.89. The Kier molecular flexibility index (Phi) is 3.72. The van der Waals surface area contributed by atoms with E-state index in [0.29, 0.717) is 6.54 Å². The van der Waals surface area contributed by atoms with Crippen LogP contribution in [0.4, 0.5) is 0 Å². The smallest absolute Gasteiger partial charge is 0.251 e. The Morgan fingerprint density at radius 2 is 2.06 bits per heavy atom. The fourth-order valence-electron chi connectivity index (χ4n) is 1.78. The predicted molar refractivity (Wildman–Crippen MR) is 71.3 cm³/mol. The first kappa shape index (κ1) is 12.3. The Morgan fingerprint density at radius 1 is 1.22 bits per heavy atom. The zero-order chi connectivity index (χ0) is 13.0. The van der Waals surface area contributed by atoms with Crippen molar-refractivity contribution in [3.05, 3.63) is 65.0 Å². The standard InChI is InChI=1S/C15H16N2O/c1-11-5-3-7-14(12(11)2)15(18)17-10-13-6-4-8-16-9-13/h3-9H,10H2,1-2H3,(H,17,18). The second-order valence-electron chi connectivity index (χ2n) is 4.29. The molecule has 0 aliphatic rings. The summed E-state index contributed by atoms with van der Waals surface area (Å²) in [6.45, 7) is 4.47. The number of carbonyl (C=O) groups excluding carboxylic acids is 1. The molecule has 1 aromatic heterocycles. The van der Waals surface area contributed by atoms with Crippen LogP contribution in [-0.4, -0.2) is 10.9 Å². The molecule has 2 aromatic rings. The molecule has 0 atom stereocenters. The van der Waals surface area contributed by atoms with E-state index in [0.717, 1.165) is 22.3 Å². The number of amides is 1. The molecular formula is C15H16N2O. The molecule has 0 aliphatic heterocycles. The maximum Gasteiger partial charge on any atom is 0.251 e. The van der Waals surface area contributed by atoms with Crippen molar-refractivity contribution in [2.45, 2.75) is 20.4 Å². The molecule has 3 nitrogen and oxygen atoms in total. The lowest BCUT2D eigenvalue weighted by Crippen LogP contribution is -2.23. The van der Waals surface area contributed by atoms with Crippen molar-refractivity contribution in [2.24, 2.45) is 0 Å². The summed E-state index contributed by atoms with van der Waals surface area (Å²) in [6.07, 6.45) is 3.47. The Morgan fingerprint density at radius 3 is 2.78 bits per heavy atom. The average molecular weight is 240 g/mol. The van der Waals surface area contributed by atoms with Crippen molar-refractivity contribution >= 4 is 5.91 Å². The van der Waals surface area contributed by atoms with Crippen LogP contribution < -0.4 is 5.32 Å². The molecule has 3 heteroatoms. The second-order valence-corrected chi connectivity index (χ2v) is 4.29. The van der Waals surface area contributed by atoms with Gasteiger partial charge in [-0.25, -0.2) is 0 Å². The van der Waals surface area contributed by atoms with Crippen LogP contribution in [0.1, 0.15) is 27.0 Å². The molecule has 0 aliphatic carbocycles. The fraction of sp³-hybridized carbons (Fsp3) is 0.200. The van der Waals surface area contributed by atoms with Crippen LogP contribution in [0.15, 0.2) is 42.7 Å². The fourth-order valence-corrected chi connectivity index (χ4v) is 1.78. The van der Waals surface area contributed by atoms with Crippen molar-refractivity contribution in [3.8, 4) is 0 Å². The summed E-state index contributed by atoms with van der Waals surface area (Å²) in [5.74, 6) is -0.0416. The number of hydrogen-bond acceptors (Lipinski definition) is 2. The highest BCUT2D eigenvalue weighted by molar-refractivity contribution is 5.95. The van der Waals surface area contributed by atoms with E-state index < -0.39 is 0 Å². The summed E-state index contributed by atoms with van der Waals surface area (Å²) < 4.78 is 0. The third kappa shape index (κ3) is 2.74. The summed E-state index contributed by atoms with van der Waals surface area (Å²) in [5, 5.41) is 2.90. The van der Waals surface area contributed by atoms with Gasteiger partial charge in [-0.3, -0.25) is 9.78 Å². The molecule has 0 unspecified atom stereocenters. The third-order valence-corrected chi connectivity index (χ3v) is 3.03. The van der Waals surface area contributed by atoms with Gasteiger partial charge in [0, 0.05) is 24.5 Å². The molecule has 0 fully saturated rings. The third-order valence-electron chi connectivity index (χ3n) is 3.03. The molecule has 0 bridgehead atoms. The van der Waals surface area contributed by atoms with Gasteiger partial charge in [-0.15, -0.1) is 0 Å². The number of aromatic nitrogens is 1. The lowest BCUT2D eigenvalue weighted by Gasteiger charge is -2.09. The molecule has 1 N–H and O–H groups in total. The van der Waals surface area contributed by atoms with E-state index >= 15 is 0 Å². The van der Waals surface area contributed by atoms with Gasteiger partial charge in [0.25, 0.3) is 5.91 Å². The molecule has 1 aromatic carbocycles. The zero-order valence-electron chi connectivity index (χ0n) is 10.6. The van der Waals surface area contributed by atoms with Gasteiger partial charge >= 0.3 is 0 Å². The molecule has 1 amide bonds. The van der Waals surface area contributed by atoms with Gasteiger partial charge in [0.05, 0.1) is 0 Å². The van der Waals surface area contributed by atoms with Gasteiger partial charge in [-0.2, -0.15) is 0 Å². The maximum absolute atomic E-state index is 12.1. The molecule has 0 saturated heterocycles. The molecule has 92 valence electrons.